The third kappa shape index (κ3) is 6.74. The minimum Gasteiger partial charge on any atom is -0.490 e. The van der Waals surface area contributed by atoms with Gasteiger partial charge in [-0.05, 0) is 81.6 Å². The maximum Gasteiger partial charge on any atom is 0.341 e. The molecule has 0 aliphatic heterocycles. The summed E-state index contributed by atoms with van der Waals surface area (Å²) in [4.78, 5) is 23.0. The van der Waals surface area contributed by atoms with E-state index in [4.69, 9.17) is 19.3 Å². The van der Waals surface area contributed by atoms with Crippen LogP contribution in [0.1, 0.15) is 29.8 Å². The molecular formula is C20H20Br2N2O6. The summed E-state index contributed by atoms with van der Waals surface area (Å²) in [6.45, 7) is 4.18. The number of hydrogen-bond acceptors (Lipinski definition) is 6. The number of rotatable bonds is 10. The van der Waals surface area contributed by atoms with E-state index < -0.39 is 18.5 Å². The van der Waals surface area contributed by atoms with Crippen LogP contribution in [-0.2, 0) is 4.79 Å². The summed E-state index contributed by atoms with van der Waals surface area (Å²) >= 11 is 6.65. The molecule has 2 aromatic carbocycles. The van der Waals surface area contributed by atoms with Gasteiger partial charge in [0.1, 0.15) is 5.75 Å². The Morgan fingerprint density at radius 1 is 1.03 bits per heavy atom. The molecule has 0 fully saturated rings. The maximum absolute atomic E-state index is 12.4. The first-order valence-corrected chi connectivity index (χ1v) is 10.5. The predicted octanol–water partition coefficient (Wildman–Crippen LogP) is 4.24. The van der Waals surface area contributed by atoms with Crippen LogP contribution in [0.2, 0.25) is 0 Å². The molecular weight excluding hydrogens is 524 g/mol. The molecule has 0 spiro atoms. The van der Waals surface area contributed by atoms with Crippen molar-refractivity contribution in [3.63, 3.8) is 0 Å². The van der Waals surface area contributed by atoms with Gasteiger partial charge in [-0.3, -0.25) is 4.79 Å². The molecule has 30 heavy (non-hydrogen) atoms. The number of halogens is 2. The molecule has 2 aromatic rings. The molecule has 0 aromatic heterocycles. The van der Waals surface area contributed by atoms with E-state index in [2.05, 4.69) is 42.4 Å². The topological polar surface area (TPSA) is 106 Å². The number of carbonyl (C=O) groups excluding carboxylic acids is 1. The van der Waals surface area contributed by atoms with Crippen LogP contribution >= 0.6 is 31.9 Å². The lowest BCUT2D eigenvalue weighted by Gasteiger charge is -2.11. The van der Waals surface area contributed by atoms with Gasteiger partial charge in [-0.15, -0.1) is 0 Å². The van der Waals surface area contributed by atoms with Gasteiger partial charge in [-0.25, -0.2) is 10.2 Å². The Hall–Kier alpha value is -2.59. The SMILES string of the molecule is CCOc1ccc(C(=O)N/N=C/c2cc(Br)c(OCC(=O)O)c(Br)c2)cc1OCC. The third-order valence-corrected chi connectivity index (χ3v) is 4.72. The van der Waals surface area contributed by atoms with Gasteiger partial charge in [0.25, 0.3) is 5.91 Å². The number of nitrogens with zero attached hydrogens (tertiary/aromatic N) is 1. The van der Waals surface area contributed by atoms with E-state index in [-0.39, 0.29) is 0 Å². The summed E-state index contributed by atoms with van der Waals surface area (Å²) in [5.41, 5.74) is 3.48. The number of hydrazone groups is 1. The van der Waals surface area contributed by atoms with Crippen LogP contribution in [0.5, 0.6) is 17.2 Å². The predicted molar refractivity (Wildman–Crippen MR) is 119 cm³/mol. The fourth-order valence-corrected chi connectivity index (χ4v) is 3.80. The summed E-state index contributed by atoms with van der Waals surface area (Å²) in [7, 11) is 0. The number of carbonyl (C=O) groups is 2. The van der Waals surface area contributed by atoms with Crippen molar-refractivity contribution in [3.8, 4) is 17.2 Å². The van der Waals surface area contributed by atoms with Gasteiger partial charge in [-0.2, -0.15) is 5.10 Å². The van der Waals surface area contributed by atoms with Gasteiger partial charge in [0.15, 0.2) is 18.1 Å². The van der Waals surface area contributed by atoms with Gasteiger partial charge in [-0.1, -0.05) is 0 Å². The Balaban J connectivity index is 2.08. The second kappa shape index (κ2) is 11.6. The third-order valence-electron chi connectivity index (χ3n) is 3.55. The minimum absolute atomic E-state index is 0.358. The number of hydrogen-bond donors (Lipinski definition) is 2. The lowest BCUT2D eigenvalue weighted by Crippen LogP contribution is -2.17. The van der Waals surface area contributed by atoms with E-state index in [1.54, 1.807) is 30.3 Å². The van der Waals surface area contributed by atoms with Crippen LogP contribution in [0.3, 0.4) is 0 Å². The van der Waals surface area contributed by atoms with Crippen molar-refractivity contribution in [1.29, 1.82) is 0 Å². The molecule has 8 nitrogen and oxygen atoms in total. The van der Waals surface area contributed by atoms with Crippen molar-refractivity contribution in [1.82, 2.24) is 5.43 Å². The van der Waals surface area contributed by atoms with E-state index >= 15 is 0 Å². The molecule has 0 unspecified atom stereocenters. The Bertz CT molecular complexity index is 926. The number of nitrogens with one attached hydrogen (secondary N) is 1. The maximum atomic E-state index is 12.4. The van der Waals surface area contributed by atoms with Gasteiger partial charge in [0, 0.05) is 5.56 Å². The second-order valence-electron chi connectivity index (χ2n) is 5.72. The molecule has 0 saturated heterocycles. The molecule has 0 radical (unpaired) electrons. The number of aliphatic carboxylic acids is 1. The van der Waals surface area contributed by atoms with Gasteiger partial charge < -0.3 is 19.3 Å². The molecule has 1 amide bonds. The highest BCUT2D eigenvalue weighted by Crippen LogP contribution is 2.34. The standard InChI is InChI=1S/C20H20Br2N2O6/c1-3-28-16-6-5-13(9-17(16)29-4-2)20(27)24-23-10-12-7-14(21)19(15(22)8-12)30-11-18(25)26/h5-10H,3-4,11H2,1-2H3,(H,24,27)(H,25,26)/b23-10+. The summed E-state index contributed by atoms with van der Waals surface area (Å²) in [5.74, 6) is -0.0738. The van der Waals surface area contributed by atoms with E-state index in [1.807, 2.05) is 13.8 Å². The normalized spacial score (nSPS) is 10.7. The molecule has 0 aliphatic rings. The lowest BCUT2D eigenvalue weighted by atomic mass is 10.2. The van der Waals surface area contributed by atoms with E-state index in [0.29, 0.717) is 50.5 Å². The molecule has 0 bridgehead atoms. The van der Waals surface area contributed by atoms with Crippen molar-refractivity contribution in [3.05, 3.63) is 50.4 Å². The van der Waals surface area contributed by atoms with Gasteiger partial charge in [0.2, 0.25) is 0 Å². The smallest absolute Gasteiger partial charge is 0.341 e. The van der Waals surface area contributed by atoms with Crippen LogP contribution in [-0.4, -0.2) is 43.0 Å². The molecule has 0 saturated carbocycles. The Morgan fingerprint density at radius 2 is 1.67 bits per heavy atom. The number of carboxylic acid groups (broad SMARTS) is 1. The van der Waals surface area contributed by atoms with Crippen molar-refractivity contribution in [2.45, 2.75) is 13.8 Å². The first kappa shape index (κ1) is 23.7. The second-order valence-corrected chi connectivity index (χ2v) is 7.43. The van der Waals surface area contributed by atoms with Crippen LogP contribution in [0.4, 0.5) is 0 Å². The van der Waals surface area contributed by atoms with Crippen LogP contribution < -0.4 is 19.6 Å². The zero-order valence-corrected chi connectivity index (χ0v) is 19.4. The first-order valence-electron chi connectivity index (χ1n) is 8.92. The first-order chi connectivity index (χ1) is 14.3. The largest absolute Gasteiger partial charge is 0.490 e. The quantitative estimate of drug-likeness (QED) is 0.343. The monoisotopic (exact) mass is 542 g/mol. The summed E-state index contributed by atoms with van der Waals surface area (Å²) in [5, 5.41) is 12.7. The fraction of sp³-hybridized carbons (Fsp3) is 0.250. The Labute approximate surface area is 190 Å². The number of ether oxygens (including phenoxy) is 3. The van der Waals surface area contributed by atoms with Crippen LogP contribution in [0, 0.1) is 0 Å². The van der Waals surface area contributed by atoms with E-state index in [1.165, 1.54) is 6.21 Å². The summed E-state index contributed by atoms with van der Waals surface area (Å²) in [6.07, 6.45) is 1.45. The lowest BCUT2D eigenvalue weighted by molar-refractivity contribution is -0.139. The van der Waals surface area contributed by atoms with E-state index in [0.717, 1.165) is 0 Å². The van der Waals surface area contributed by atoms with Crippen molar-refractivity contribution < 1.29 is 28.9 Å². The Morgan fingerprint density at radius 3 is 2.27 bits per heavy atom. The van der Waals surface area contributed by atoms with E-state index in [9.17, 15) is 9.59 Å². The summed E-state index contributed by atoms with van der Waals surface area (Å²) in [6, 6.07) is 8.27. The molecule has 160 valence electrons. The van der Waals surface area contributed by atoms with Crippen molar-refractivity contribution in [2.24, 2.45) is 5.10 Å². The van der Waals surface area contributed by atoms with Crippen LogP contribution in [0.15, 0.2) is 44.4 Å². The van der Waals surface area contributed by atoms with Gasteiger partial charge in [0.05, 0.1) is 28.4 Å². The zero-order chi connectivity index (χ0) is 22.1. The average molecular weight is 544 g/mol. The fourth-order valence-electron chi connectivity index (χ4n) is 2.35. The molecule has 10 heteroatoms. The summed E-state index contributed by atoms with van der Waals surface area (Å²) < 4.78 is 17.3. The van der Waals surface area contributed by atoms with Crippen LogP contribution in [0.25, 0.3) is 0 Å². The highest BCUT2D eigenvalue weighted by Gasteiger charge is 2.12. The number of benzene rings is 2. The highest BCUT2D eigenvalue weighted by atomic mass is 79.9. The number of amides is 1. The average Bonchev–Trinajstić information content (AvgIpc) is 2.68. The van der Waals surface area contributed by atoms with Crippen molar-refractivity contribution >= 4 is 50.0 Å². The molecule has 0 aliphatic carbocycles. The Kier molecular flexibility index (Phi) is 9.13. The molecule has 0 atom stereocenters. The number of carboxylic acids is 1. The molecule has 0 heterocycles. The van der Waals surface area contributed by atoms with Crippen molar-refractivity contribution in [2.75, 3.05) is 19.8 Å². The zero-order valence-electron chi connectivity index (χ0n) is 16.3. The highest BCUT2D eigenvalue weighted by molar-refractivity contribution is 9.11. The minimum atomic E-state index is -1.08. The molecule has 2 N–H and O–H groups in total. The van der Waals surface area contributed by atoms with Gasteiger partial charge >= 0.3 is 5.97 Å². The molecule has 2 rings (SSSR count).